The first-order valence-electron chi connectivity index (χ1n) is 11.2. The smallest absolute Gasteiger partial charge is 0.308 e. The fourth-order valence-electron chi connectivity index (χ4n) is 4.04. The number of carbonyl (C=O) groups is 1. The van der Waals surface area contributed by atoms with E-state index in [1.807, 2.05) is 85.9 Å². The fourth-order valence-corrected chi connectivity index (χ4v) is 4.04. The summed E-state index contributed by atoms with van der Waals surface area (Å²) >= 11 is 0. The number of amides is 1. The highest BCUT2D eigenvalue weighted by atomic mass is 16.2. The first-order valence-corrected chi connectivity index (χ1v) is 11.2. The Morgan fingerprint density at radius 3 is 2.34 bits per heavy atom. The molecule has 0 bridgehead atoms. The van der Waals surface area contributed by atoms with Crippen molar-refractivity contribution in [1.82, 2.24) is 18.5 Å². The van der Waals surface area contributed by atoms with Crippen molar-refractivity contribution in [2.75, 3.05) is 5.32 Å². The van der Waals surface area contributed by atoms with Gasteiger partial charge in [-0.1, -0.05) is 66.7 Å². The Labute approximate surface area is 200 Å². The van der Waals surface area contributed by atoms with Crippen LogP contribution in [0.15, 0.2) is 101 Å². The predicted molar refractivity (Wildman–Crippen MR) is 135 cm³/mol. The van der Waals surface area contributed by atoms with Gasteiger partial charge in [0.15, 0.2) is 0 Å². The normalized spacial score (nSPS) is 11.0. The van der Waals surface area contributed by atoms with Crippen molar-refractivity contribution in [2.24, 2.45) is 0 Å². The van der Waals surface area contributed by atoms with Crippen LogP contribution in [-0.2, 0) is 17.9 Å². The summed E-state index contributed by atoms with van der Waals surface area (Å²) in [4.78, 5) is 43.3. The summed E-state index contributed by atoms with van der Waals surface area (Å²) in [7, 11) is 0. The number of imidazole rings is 1. The second kappa shape index (κ2) is 9.26. The summed E-state index contributed by atoms with van der Waals surface area (Å²) in [6.45, 7) is 1.83. The number of aryl methyl sites for hydroxylation is 1. The summed E-state index contributed by atoms with van der Waals surface area (Å²) in [5, 5.41) is 2.88. The summed E-state index contributed by atoms with van der Waals surface area (Å²) in [6, 6.07) is 24.1. The number of nitrogens with one attached hydrogen (secondary N) is 1. The monoisotopic (exact) mass is 465 g/mol. The van der Waals surface area contributed by atoms with Crippen LogP contribution in [0.4, 0.5) is 5.82 Å². The quantitative estimate of drug-likeness (QED) is 0.417. The second-order valence-corrected chi connectivity index (χ2v) is 8.24. The third-order valence-corrected chi connectivity index (χ3v) is 5.79. The van der Waals surface area contributed by atoms with Crippen molar-refractivity contribution >= 4 is 17.4 Å². The lowest BCUT2D eigenvalue weighted by Gasteiger charge is -2.11. The first-order chi connectivity index (χ1) is 17.0. The van der Waals surface area contributed by atoms with Gasteiger partial charge in [-0.15, -0.1) is 0 Å². The van der Waals surface area contributed by atoms with Gasteiger partial charge in [0, 0.05) is 24.0 Å². The number of anilines is 1. The minimum absolute atomic E-state index is 0.298. The Bertz CT molecular complexity index is 1630. The SMILES string of the molecule is Cc1cccn2c(NC(=O)Cn3c(=O)ccn(Cc4ccccc4)c3=O)c(-c3ccccc3)nc12. The molecule has 8 nitrogen and oxygen atoms in total. The van der Waals surface area contributed by atoms with E-state index in [0.717, 1.165) is 21.3 Å². The van der Waals surface area contributed by atoms with Crippen LogP contribution in [0.3, 0.4) is 0 Å². The number of fused-ring (bicyclic) bond motifs is 1. The predicted octanol–water partition coefficient (Wildman–Crippen LogP) is 3.32. The van der Waals surface area contributed by atoms with Crippen LogP contribution in [0.25, 0.3) is 16.9 Å². The van der Waals surface area contributed by atoms with E-state index in [1.54, 1.807) is 4.40 Å². The Kier molecular flexibility index (Phi) is 5.85. The summed E-state index contributed by atoms with van der Waals surface area (Å²) in [5.41, 5.74) is 2.94. The molecule has 0 radical (unpaired) electrons. The van der Waals surface area contributed by atoms with E-state index >= 15 is 0 Å². The van der Waals surface area contributed by atoms with E-state index in [0.29, 0.717) is 23.7 Å². The average molecular weight is 466 g/mol. The van der Waals surface area contributed by atoms with Crippen molar-refractivity contribution in [3.63, 3.8) is 0 Å². The molecular formula is C27H23N5O3. The van der Waals surface area contributed by atoms with E-state index in [9.17, 15) is 14.4 Å². The summed E-state index contributed by atoms with van der Waals surface area (Å²) in [6.07, 6.45) is 3.27. The molecule has 0 aliphatic rings. The zero-order chi connectivity index (χ0) is 24.4. The lowest BCUT2D eigenvalue weighted by atomic mass is 10.1. The van der Waals surface area contributed by atoms with Crippen LogP contribution < -0.4 is 16.6 Å². The van der Waals surface area contributed by atoms with Crippen LogP contribution in [-0.4, -0.2) is 24.4 Å². The van der Waals surface area contributed by atoms with Crippen LogP contribution in [0.2, 0.25) is 0 Å². The van der Waals surface area contributed by atoms with Crippen LogP contribution >= 0.6 is 0 Å². The van der Waals surface area contributed by atoms with Gasteiger partial charge in [0.1, 0.15) is 23.7 Å². The second-order valence-electron chi connectivity index (χ2n) is 8.24. The molecule has 5 aromatic rings. The summed E-state index contributed by atoms with van der Waals surface area (Å²) in [5.74, 6) is -0.0179. The lowest BCUT2D eigenvalue weighted by Crippen LogP contribution is -2.42. The number of carbonyl (C=O) groups excluding carboxylic acids is 1. The van der Waals surface area contributed by atoms with Gasteiger partial charge in [0.2, 0.25) is 5.91 Å². The molecule has 0 atom stereocenters. The van der Waals surface area contributed by atoms with Gasteiger partial charge < -0.3 is 5.32 Å². The van der Waals surface area contributed by atoms with E-state index < -0.39 is 23.7 Å². The maximum absolute atomic E-state index is 13.1. The third-order valence-electron chi connectivity index (χ3n) is 5.79. The van der Waals surface area contributed by atoms with Crippen LogP contribution in [0.1, 0.15) is 11.1 Å². The molecule has 0 saturated carbocycles. The zero-order valence-corrected chi connectivity index (χ0v) is 19.1. The number of aromatic nitrogens is 4. The standard InChI is InChI=1S/C27H23N5O3/c1-19-9-8-15-31-25(19)29-24(21-12-6-3-7-13-21)26(31)28-22(33)18-32-23(34)14-16-30(27(32)35)17-20-10-4-2-5-11-20/h2-16H,17-18H2,1H3,(H,28,33). The topological polar surface area (TPSA) is 90.4 Å². The fraction of sp³-hybridized carbons (Fsp3) is 0.111. The number of hydrogen-bond donors (Lipinski definition) is 1. The van der Waals surface area contributed by atoms with E-state index in [1.165, 1.54) is 16.8 Å². The maximum Gasteiger partial charge on any atom is 0.331 e. The third kappa shape index (κ3) is 4.41. The van der Waals surface area contributed by atoms with E-state index in [-0.39, 0.29) is 0 Å². The van der Waals surface area contributed by atoms with Crippen LogP contribution in [0, 0.1) is 6.92 Å². The highest BCUT2D eigenvalue weighted by Crippen LogP contribution is 2.29. The van der Waals surface area contributed by atoms with Gasteiger partial charge >= 0.3 is 5.69 Å². The number of benzene rings is 2. The minimum atomic E-state index is -0.547. The molecule has 1 N–H and O–H groups in total. The molecule has 2 aromatic carbocycles. The van der Waals surface area contributed by atoms with Gasteiger partial charge in [-0.05, 0) is 24.1 Å². The molecule has 35 heavy (non-hydrogen) atoms. The highest BCUT2D eigenvalue weighted by Gasteiger charge is 2.18. The van der Waals surface area contributed by atoms with E-state index in [2.05, 4.69) is 5.32 Å². The number of rotatable bonds is 6. The van der Waals surface area contributed by atoms with Gasteiger partial charge in [0.05, 0.1) is 6.54 Å². The van der Waals surface area contributed by atoms with Crippen molar-refractivity contribution in [3.05, 3.63) is 123 Å². The molecule has 174 valence electrons. The lowest BCUT2D eigenvalue weighted by molar-refractivity contribution is -0.116. The molecule has 0 aliphatic heterocycles. The molecule has 1 amide bonds. The Morgan fingerprint density at radius 1 is 0.886 bits per heavy atom. The van der Waals surface area contributed by atoms with Gasteiger partial charge in [-0.2, -0.15) is 0 Å². The van der Waals surface area contributed by atoms with Crippen molar-refractivity contribution in [1.29, 1.82) is 0 Å². The number of pyridine rings is 1. The molecule has 0 fully saturated rings. The van der Waals surface area contributed by atoms with E-state index in [4.69, 9.17) is 4.98 Å². The Morgan fingerprint density at radius 2 is 1.60 bits per heavy atom. The largest absolute Gasteiger partial charge is 0.331 e. The Hall–Kier alpha value is -4.72. The molecule has 0 spiro atoms. The van der Waals surface area contributed by atoms with Gasteiger partial charge in [-0.25, -0.2) is 9.78 Å². The van der Waals surface area contributed by atoms with Crippen LogP contribution in [0.5, 0.6) is 0 Å². The van der Waals surface area contributed by atoms with Crippen molar-refractivity contribution < 1.29 is 4.79 Å². The summed E-state index contributed by atoms with van der Waals surface area (Å²) < 4.78 is 4.16. The zero-order valence-electron chi connectivity index (χ0n) is 19.1. The Balaban J connectivity index is 1.48. The molecule has 0 aliphatic carbocycles. The average Bonchev–Trinajstić information content (AvgIpc) is 3.24. The molecule has 3 heterocycles. The molecular weight excluding hydrogens is 442 g/mol. The number of hydrogen-bond acceptors (Lipinski definition) is 4. The van der Waals surface area contributed by atoms with Crippen molar-refractivity contribution in [3.8, 4) is 11.3 Å². The first kappa shape index (κ1) is 22.1. The van der Waals surface area contributed by atoms with Gasteiger partial charge in [-0.3, -0.25) is 23.1 Å². The molecule has 5 rings (SSSR count). The highest BCUT2D eigenvalue weighted by molar-refractivity contribution is 5.94. The maximum atomic E-state index is 13.1. The molecule has 0 saturated heterocycles. The number of nitrogens with zero attached hydrogens (tertiary/aromatic N) is 4. The minimum Gasteiger partial charge on any atom is -0.308 e. The molecule has 3 aromatic heterocycles. The van der Waals surface area contributed by atoms with Gasteiger partial charge in [0.25, 0.3) is 5.56 Å². The molecule has 0 unspecified atom stereocenters. The molecule has 8 heteroatoms. The van der Waals surface area contributed by atoms with Crippen molar-refractivity contribution in [2.45, 2.75) is 20.0 Å².